The van der Waals surface area contributed by atoms with E-state index in [-0.39, 0.29) is 0 Å². The van der Waals surface area contributed by atoms with Crippen LogP contribution in [0.5, 0.6) is 0 Å². The average Bonchev–Trinajstić information content (AvgIpc) is 2.27. The van der Waals surface area contributed by atoms with Crippen LogP contribution in [0.1, 0.15) is 25.0 Å². The van der Waals surface area contributed by atoms with Gasteiger partial charge in [-0.3, -0.25) is 9.98 Å². The van der Waals surface area contributed by atoms with Crippen molar-refractivity contribution in [2.45, 2.75) is 13.8 Å². The summed E-state index contributed by atoms with van der Waals surface area (Å²) in [4.78, 5) is 8.28. The molecule has 0 aliphatic carbocycles. The summed E-state index contributed by atoms with van der Waals surface area (Å²) in [5, 5.41) is 0. The van der Waals surface area contributed by atoms with Gasteiger partial charge in [0.25, 0.3) is 0 Å². The van der Waals surface area contributed by atoms with E-state index >= 15 is 0 Å². The number of hydrogen-bond acceptors (Lipinski definition) is 2. The molecule has 0 saturated carbocycles. The molecule has 2 nitrogen and oxygen atoms in total. The quantitative estimate of drug-likeness (QED) is 0.637. The summed E-state index contributed by atoms with van der Waals surface area (Å²) in [7, 11) is 3.62. The predicted molar refractivity (Wildman–Crippen MR) is 62.7 cm³/mol. The molecule has 0 atom stereocenters. The molecule has 0 aromatic heterocycles. The second-order valence-corrected chi connectivity index (χ2v) is 3.20. The van der Waals surface area contributed by atoms with Gasteiger partial charge in [0.15, 0.2) is 0 Å². The summed E-state index contributed by atoms with van der Waals surface area (Å²) in [6, 6.07) is 8.30. The standard InChI is InChI=1S/C12H16N2/c1-9(13-3)11-5-7-12(8-6-11)10(2)14-4/h5-8H,1-4H3/b13-9+,14-10+. The van der Waals surface area contributed by atoms with Crippen LogP contribution in [0.3, 0.4) is 0 Å². The summed E-state index contributed by atoms with van der Waals surface area (Å²) >= 11 is 0. The number of aliphatic imine (C=N–C) groups is 2. The zero-order chi connectivity index (χ0) is 10.6. The maximum absolute atomic E-state index is 4.14. The van der Waals surface area contributed by atoms with Gasteiger partial charge >= 0.3 is 0 Å². The minimum atomic E-state index is 1.06. The number of benzene rings is 1. The summed E-state index contributed by atoms with van der Waals surface area (Å²) in [6.45, 7) is 4.02. The molecule has 1 aromatic carbocycles. The van der Waals surface area contributed by atoms with E-state index in [0.717, 1.165) is 11.4 Å². The van der Waals surface area contributed by atoms with Gasteiger partial charge < -0.3 is 0 Å². The van der Waals surface area contributed by atoms with E-state index in [1.54, 1.807) is 0 Å². The van der Waals surface area contributed by atoms with E-state index in [1.807, 2.05) is 27.9 Å². The van der Waals surface area contributed by atoms with Crippen molar-refractivity contribution in [2.75, 3.05) is 14.1 Å². The topological polar surface area (TPSA) is 24.7 Å². The Hall–Kier alpha value is -1.44. The first-order valence-electron chi connectivity index (χ1n) is 4.66. The molecule has 1 rings (SSSR count). The highest BCUT2D eigenvalue weighted by Gasteiger charge is 1.98. The Morgan fingerprint density at radius 3 is 1.29 bits per heavy atom. The molecule has 0 aliphatic rings. The maximum atomic E-state index is 4.14. The van der Waals surface area contributed by atoms with Crippen LogP contribution < -0.4 is 0 Å². The van der Waals surface area contributed by atoms with E-state index in [1.165, 1.54) is 11.1 Å². The highest BCUT2D eigenvalue weighted by molar-refractivity contribution is 6.01. The highest BCUT2D eigenvalue weighted by Crippen LogP contribution is 2.06. The van der Waals surface area contributed by atoms with E-state index in [0.29, 0.717) is 0 Å². The first-order valence-corrected chi connectivity index (χ1v) is 4.66. The monoisotopic (exact) mass is 188 g/mol. The zero-order valence-electron chi connectivity index (χ0n) is 9.20. The Balaban J connectivity index is 3.01. The number of rotatable bonds is 2. The first-order chi connectivity index (χ1) is 6.69. The van der Waals surface area contributed by atoms with E-state index in [2.05, 4.69) is 34.3 Å². The van der Waals surface area contributed by atoms with Crippen molar-refractivity contribution in [3.63, 3.8) is 0 Å². The van der Waals surface area contributed by atoms with Gasteiger partial charge in [0.1, 0.15) is 0 Å². The third-order valence-corrected chi connectivity index (χ3v) is 2.39. The molecule has 0 amide bonds. The Labute approximate surface area is 85.4 Å². The van der Waals surface area contributed by atoms with Gasteiger partial charge in [-0.25, -0.2) is 0 Å². The molecule has 0 bridgehead atoms. The molecule has 14 heavy (non-hydrogen) atoms. The maximum Gasteiger partial charge on any atom is 0.0386 e. The zero-order valence-corrected chi connectivity index (χ0v) is 9.20. The lowest BCUT2D eigenvalue weighted by Crippen LogP contribution is -1.97. The fraction of sp³-hybridized carbons (Fsp3) is 0.333. The highest BCUT2D eigenvalue weighted by atomic mass is 14.7. The summed E-state index contributed by atoms with van der Waals surface area (Å²) in [5.74, 6) is 0. The number of nitrogens with zero attached hydrogens (tertiary/aromatic N) is 2. The van der Waals surface area contributed by atoms with Gasteiger partial charge in [0.05, 0.1) is 0 Å². The van der Waals surface area contributed by atoms with Crippen LogP contribution in [0, 0.1) is 0 Å². The average molecular weight is 188 g/mol. The van der Waals surface area contributed by atoms with Crippen LogP contribution in [0.2, 0.25) is 0 Å². The smallest absolute Gasteiger partial charge is 0.0386 e. The molecule has 0 spiro atoms. The van der Waals surface area contributed by atoms with Crippen LogP contribution in [-0.4, -0.2) is 25.5 Å². The molecule has 2 heteroatoms. The van der Waals surface area contributed by atoms with Crippen LogP contribution in [0.4, 0.5) is 0 Å². The SMILES string of the molecule is C/N=C(\C)c1ccc(/C(C)=N/C)cc1. The van der Waals surface area contributed by atoms with Crippen molar-refractivity contribution >= 4 is 11.4 Å². The third kappa shape index (κ3) is 2.28. The van der Waals surface area contributed by atoms with Crippen LogP contribution in [-0.2, 0) is 0 Å². The molecular weight excluding hydrogens is 172 g/mol. The van der Waals surface area contributed by atoms with E-state index in [4.69, 9.17) is 0 Å². The Bertz CT molecular complexity index is 321. The van der Waals surface area contributed by atoms with Crippen molar-refractivity contribution in [1.82, 2.24) is 0 Å². The Morgan fingerprint density at radius 1 is 0.786 bits per heavy atom. The van der Waals surface area contributed by atoms with Gasteiger partial charge in [0.2, 0.25) is 0 Å². The summed E-state index contributed by atoms with van der Waals surface area (Å²) in [6.07, 6.45) is 0. The molecule has 0 fully saturated rings. The van der Waals surface area contributed by atoms with Crippen LogP contribution >= 0.6 is 0 Å². The minimum absolute atomic E-state index is 1.06. The summed E-state index contributed by atoms with van der Waals surface area (Å²) in [5.41, 5.74) is 4.45. The normalized spacial score (nSPS) is 13.1. The number of hydrogen-bond donors (Lipinski definition) is 0. The van der Waals surface area contributed by atoms with Gasteiger partial charge in [-0.1, -0.05) is 24.3 Å². The van der Waals surface area contributed by atoms with E-state index < -0.39 is 0 Å². The molecule has 0 aliphatic heterocycles. The second-order valence-electron chi connectivity index (χ2n) is 3.20. The molecule has 0 radical (unpaired) electrons. The van der Waals surface area contributed by atoms with Crippen molar-refractivity contribution in [3.8, 4) is 0 Å². The van der Waals surface area contributed by atoms with E-state index in [9.17, 15) is 0 Å². The Morgan fingerprint density at radius 2 is 1.07 bits per heavy atom. The first kappa shape index (κ1) is 10.6. The lowest BCUT2D eigenvalue weighted by Gasteiger charge is -2.02. The van der Waals surface area contributed by atoms with Gasteiger partial charge in [-0.15, -0.1) is 0 Å². The third-order valence-electron chi connectivity index (χ3n) is 2.39. The molecular formula is C12H16N2. The van der Waals surface area contributed by atoms with Crippen molar-refractivity contribution in [1.29, 1.82) is 0 Å². The minimum Gasteiger partial charge on any atom is -0.293 e. The summed E-state index contributed by atoms with van der Waals surface area (Å²) < 4.78 is 0. The van der Waals surface area contributed by atoms with Crippen molar-refractivity contribution in [2.24, 2.45) is 9.98 Å². The lowest BCUT2D eigenvalue weighted by molar-refractivity contribution is 1.39. The molecule has 1 aromatic rings. The largest absolute Gasteiger partial charge is 0.293 e. The predicted octanol–water partition coefficient (Wildman–Crippen LogP) is 2.56. The molecule has 0 N–H and O–H groups in total. The van der Waals surface area contributed by atoms with Crippen LogP contribution in [0.15, 0.2) is 34.3 Å². The van der Waals surface area contributed by atoms with Crippen LogP contribution in [0.25, 0.3) is 0 Å². The second kappa shape index (κ2) is 4.70. The van der Waals surface area contributed by atoms with Gasteiger partial charge in [-0.05, 0) is 25.0 Å². The van der Waals surface area contributed by atoms with Gasteiger partial charge in [-0.2, -0.15) is 0 Å². The molecule has 0 heterocycles. The molecule has 74 valence electrons. The van der Waals surface area contributed by atoms with Crippen molar-refractivity contribution < 1.29 is 0 Å². The molecule has 0 unspecified atom stereocenters. The van der Waals surface area contributed by atoms with Gasteiger partial charge in [0, 0.05) is 25.5 Å². The fourth-order valence-corrected chi connectivity index (χ4v) is 1.21. The molecule has 0 saturated heterocycles. The Kier molecular flexibility index (Phi) is 3.57. The fourth-order valence-electron chi connectivity index (χ4n) is 1.21. The van der Waals surface area contributed by atoms with Crippen molar-refractivity contribution in [3.05, 3.63) is 35.4 Å². The lowest BCUT2D eigenvalue weighted by atomic mass is 10.1.